The molecule has 0 fully saturated rings. The maximum atomic E-state index is 12.8. The van der Waals surface area contributed by atoms with Gasteiger partial charge in [-0.05, 0) is 63.2 Å². The van der Waals surface area contributed by atoms with Gasteiger partial charge in [0.15, 0.2) is 6.61 Å². The van der Waals surface area contributed by atoms with Crippen LogP contribution in [0.15, 0.2) is 41.6 Å². The van der Waals surface area contributed by atoms with E-state index in [0.29, 0.717) is 43.8 Å². The molecule has 2 rings (SSSR count). The molecule has 1 aromatic carbocycles. The first-order valence-electron chi connectivity index (χ1n) is 12.0. The van der Waals surface area contributed by atoms with Crippen molar-refractivity contribution in [2.24, 2.45) is 5.16 Å². The molecule has 6 heteroatoms. The van der Waals surface area contributed by atoms with Gasteiger partial charge in [-0.25, -0.2) is 4.79 Å². The minimum absolute atomic E-state index is 0.0614. The van der Waals surface area contributed by atoms with E-state index in [9.17, 15) is 9.59 Å². The summed E-state index contributed by atoms with van der Waals surface area (Å²) in [5, 5.41) is 4.29. The zero-order valence-electron chi connectivity index (χ0n) is 20.6. The summed E-state index contributed by atoms with van der Waals surface area (Å²) in [6.45, 7) is 9.73. The van der Waals surface area contributed by atoms with Crippen molar-refractivity contribution in [1.29, 1.82) is 0 Å². The van der Waals surface area contributed by atoms with Crippen molar-refractivity contribution in [2.45, 2.75) is 66.2 Å². The first kappa shape index (κ1) is 26.4. The fourth-order valence-corrected chi connectivity index (χ4v) is 3.91. The van der Waals surface area contributed by atoms with Crippen LogP contribution in [0.3, 0.4) is 0 Å². The molecule has 1 aliphatic heterocycles. The van der Waals surface area contributed by atoms with Crippen LogP contribution in [0.5, 0.6) is 0 Å². The maximum absolute atomic E-state index is 12.8. The monoisotopic (exact) mass is 454 g/mol. The fraction of sp³-hybridized carbons (Fsp3) is 0.519. The summed E-state index contributed by atoms with van der Waals surface area (Å²) in [6.07, 6.45) is 12.8. The molecule has 1 heterocycles. The van der Waals surface area contributed by atoms with Crippen molar-refractivity contribution in [3.05, 3.63) is 58.7 Å². The van der Waals surface area contributed by atoms with Crippen LogP contribution in [0.4, 0.5) is 0 Å². The molecule has 0 atom stereocenters. The molecular formula is C27H38N2O4. The summed E-state index contributed by atoms with van der Waals surface area (Å²) in [6, 6.07) is 3.98. The van der Waals surface area contributed by atoms with Crippen molar-refractivity contribution >= 4 is 17.6 Å². The highest BCUT2D eigenvalue weighted by Crippen LogP contribution is 2.20. The Morgan fingerprint density at radius 2 is 1.76 bits per heavy atom. The molecule has 0 bridgehead atoms. The van der Waals surface area contributed by atoms with E-state index in [1.807, 2.05) is 43.0 Å². The third-order valence-electron chi connectivity index (χ3n) is 5.34. The number of ether oxygens (including phenoxy) is 1. The number of hydrogen-bond acceptors (Lipinski definition) is 5. The van der Waals surface area contributed by atoms with Crippen LogP contribution in [-0.4, -0.2) is 48.8 Å². The van der Waals surface area contributed by atoms with Crippen molar-refractivity contribution in [2.75, 3.05) is 26.3 Å². The number of amides is 1. The second kappa shape index (κ2) is 14.3. The number of rotatable bonds is 7. The van der Waals surface area contributed by atoms with Crippen molar-refractivity contribution < 1.29 is 19.2 Å². The zero-order valence-corrected chi connectivity index (χ0v) is 20.6. The summed E-state index contributed by atoms with van der Waals surface area (Å²) in [5.74, 6) is -0.379. The van der Waals surface area contributed by atoms with Gasteiger partial charge in [-0.1, -0.05) is 54.9 Å². The second-order valence-corrected chi connectivity index (χ2v) is 8.41. The van der Waals surface area contributed by atoms with Crippen LogP contribution in [0, 0.1) is 13.8 Å². The van der Waals surface area contributed by atoms with Crippen LogP contribution in [0.25, 0.3) is 0 Å². The molecule has 33 heavy (non-hydrogen) atoms. The van der Waals surface area contributed by atoms with Gasteiger partial charge in [0.05, 0.1) is 17.9 Å². The molecule has 1 amide bonds. The predicted octanol–water partition coefficient (Wildman–Crippen LogP) is 5.32. The smallest absolute Gasteiger partial charge is 0.338 e. The fourth-order valence-electron chi connectivity index (χ4n) is 3.91. The molecule has 1 aliphatic rings. The van der Waals surface area contributed by atoms with E-state index in [4.69, 9.17) is 9.57 Å². The lowest BCUT2D eigenvalue weighted by molar-refractivity contribution is -0.136. The predicted molar refractivity (Wildman–Crippen MR) is 133 cm³/mol. The highest BCUT2D eigenvalue weighted by Gasteiger charge is 2.18. The van der Waals surface area contributed by atoms with E-state index in [1.54, 1.807) is 0 Å². The molecule has 0 saturated carbocycles. The van der Waals surface area contributed by atoms with Gasteiger partial charge in [-0.3, -0.25) is 4.79 Å². The summed E-state index contributed by atoms with van der Waals surface area (Å²) >= 11 is 0. The van der Waals surface area contributed by atoms with Crippen molar-refractivity contribution in [3.8, 4) is 0 Å². The second-order valence-electron chi connectivity index (χ2n) is 8.41. The number of benzene rings is 1. The molecular weight excluding hydrogens is 416 g/mol. The number of allylic oxidation sites excluding steroid dienone is 3. The Hall–Kier alpha value is -2.89. The number of nitrogens with zero attached hydrogens (tertiary/aromatic N) is 2. The van der Waals surface area contributed by atoms with Gasteiger partial charge in [0.2, 0.25) is 0 Å². The standard InChI is InChI=1S/C27H38N2O4/c1-5-14-29(15-6-2)25(30)20-33-28-24-13-11-9-7-8-10-12-16-32-27(31)26-22(4)17-21(3)18-23(26)19-24/h8,10-11,13,17-18H,5-7,9,12,14-16,19-20H2,1-4H3/b10-8+,13-11?,28-24+. The van der Waals surface area contributed by atoms with Crippen LogP contribution in [0.1, 0.15) is 73.0 Å². The SMILES string of the molecule is CCCN(CCC)C(=O)CO/N=C1\C=CCC/C=C/CCOC(=O)c2c(C)cc(C)cc2C1. The first-order chi connectivity index (χ1) is 16.0. The highest BCUT2D eigenvalue weighted by molar-refractivity contribution is 6.00. The third-order valence-corrected chi connectivity index (χ3v) is 5.34. The number of fused-ring (bicyclic) bond motifs is 1. The number of carbonyl (C=O) groups excluding carboxylic acids is 2. The van der Waals surface area contributed by atoms with Crippen molar-refractivity contribution in [3.63, 3.8) is 0 Å². The summed E-state index contributed by atoms with van der Waals surface area (Å²) < 4.78 is 5.52. The number of oxime groups is 1. The number of aryl methyl sites for hydroxylation is 2. The van der Waals surface area contributed by atoms with E-state index >= 15 is 0 Å². The van der Waals surface area contributed by atoms with Gasteiger partial charge >= 0.3 is 5.97 Å². The molecule has 0 saturated heterocycles. The Labute approximate surface area is 198 Å². The van der Waals surface area contributed by atoms with Gasteiger partial charge < -0.3 is 14.5 Å². The Morgan fingerprint density at radius 1 is 1.06 bits per heavy atom. The summed E-state index contributed by atoms with van der Waals surface area (Å²) in [7, 11) is 0. The lowest BCUT2D eigenvalue weighted by atomic mass is 9.95. The minimum atomic E-state index is -0.317. The number of hydrogen-bond donors (Lipinski definition) is 0. The first-order valence-corrected chi connectivity index (χ1v) is 12.0. The van der Waals surface area contributed by atoms with Gasteiger partial charge in [-0.2, -0.15) is 0 Å². The van der Waals surface area contributed by atoms with E-state index in [1.165, 1.54) is 0 Å². The topological polar surface area (TPSA) is 68.2 Å². The van der Waals surface area contributed by atoms with E-state index in [2.05, 4.69) is 31.2 Å². The zero-order chi connectivity index (χ0) is 24.1. The quantitative estimate of drug-likeness (QED) is 0.318. The Bertz CT molecular complexity index is 880. The van der Waals surface area contributed by atoms with E-state index < -0.39 is 0 Å². The van der Waals surface area contributed by atoms with Gasteiger partial charge in [0.25, 0.3) is 5.91 Å². The normalized spacial score (nSPS) is 17.1. The molecule has 6 nitrogen and oxygen atoms in total. The average molecular weight is 455 g/mol. The van der Waals surface area contributed by atoms with Crippen LogP contribution < -0.4 is 0 Å². The van der Waals surface area contributed by atoms with Gasteiger partial charge in [0, 0.05) is 19.5 Å². The number of carbonyl (C=O) groups is 2. The molecule has 0 aromatic heterocycles. The Kier molecular flexibility index (Phi) is 11.4. The highest BCUT2D eigenvalue weighted by atomic mass is 16.6. The summed E-state index contributed by atoms with van der Waals surface area (Å²) in [5.41, 5.74) is 4.04. The average Bonchev–Trinajstić information content (AvgIpc) is 2.76. The lowest BCUT2D eigenvalue weighted by Gasteiger charge is -2.20. The van der Waals surface area contributed by atoms with Crippen LogP contribution in [0.2, 0.25) is 0 Å². The van der Waals surface area contributed by atoms with Crippen LogP contribution in [-0.2, 0) is 20.8 Å². The Morgan fingerprint density at radius 3 is 2.48 bits per heavy atom. The summed E-state index contributed by atoms with van der Waals surface area (Å²) in [4.78, 5) is 32.7. The van der Waals surface area contributed by atoms with E-state index in [0.717, 1.165) is 42.4 Å². The largest absolute Gasteiger partial charge is 0.462 e. The minimum Gasteiger partial charge on any atom is -0.462 e. The maximum Gasteiger partial charge on any atom is 0.338 e. The lowest BCUT2D eigenvalue weighted by Crippen LogP contribution is -2.35. The molecule has 1 aromatic rings. The molecule has 0 radical (unpaired) electrons. The van der Waals surface area contributed by atoms with Crippen molar-refractivity contribution in [1.82, 2.24) is 4.90 Å². The molecule has 0 N–H and O–H groups in total. The number of cyclic esters (lactones) is 1. The van der Waals surface area contributed by atoms with Gasteiger partial charge in [-0.15, -0.1) is 0 Å². The molecule has 0 aliphatic carbocycles. The molecule has 180 valence electrons. The number of esters is 1. The van der Waals surface area contributed by atoms with Crippen LogP contribution >= 0.6 is 0 Å². The van der Waals surface area contributed by atoms with Gasteiger partial charge in [0.1, 0.15) is 0 Å². The third kappa shape index (κ3) is 8.87. The Balaban J connectivity index is 2.27. The van der Waals surface area contributed by atoms with E-state index in [-0.39, 0.29) is 18.5 Å². The molecule has 0 unspecified atom stereocenters. The molecule has 0 spiro atoms.